The lowest BCUT2D eigenvalue weighted by Gasteiger charge is -2.26. The minimum absolute atomic E-state index is 0.0307. The van der Waals surface area contributed by atoms with Gasteiger partial charge in [-0.25, -0.2) is 9.82 Å². The van der Waals surface area contributed by atoms with Gasteiger partial charge < -0.3 is 10.0 Å². The molecule has 1 aromatic carbocycles. The number of carbonyl (C=O) groups excluding carboxylic acids is 1. The molecule has 1 saturated carbocycles. The molecule has 6 nitrogen and oxygen atoms in total. The number of likely N-dealkylation sites (tertiary alicyclic amines) is 1. The summed E-state index contributed by atoms with van der Waals surface area (Å²) in [5.74, 6) is -1.65. The van der Waals surface area contributed by atoms with Crippen molar-refractivity contribution >= 4 is 11.9 Å². The average molecular weight is 347 g/mol. The van der Waals surface area contributed by atoms with Crippen molar-refractivity contribution in [2.45, 2.75) is 25.3 Å². The van der Waals surface area contributed by atoms with E-state index in [0.717, 1.165) is 12.8 Å². The van der Waals surface area contributed by atoms with Gasteiger partial charge in [-0.3, -0.25) is 15.0 Å². The lowest BCUT2D eigenvalue weighted by Crippen LogP contribution is -2.41. The first-order chi connectivity index (χ1) is 12.0. The third kappa shape index (κ3) is 2.53. The van der Waals surface area contributed by atoms with Gasteiger partial charge in [-0.15, -0.1) is 0 Å². The molecule has 1 aliphatic carbocycles. The first-order valence-corrected chi connectivity index (χ1v) is 8.78. The van der Waals surface area contributed by atoms with E-state index in [-0.39, 0.29) is 24.2 Å². The second-order valence-corrected chi connectivity index (χ2v) is 7.40. The third-order valence-electron chi connectivity index (χ3n) is 6.15. The second kappa shape index (κ2) is 6.07. The lowest BCUT2D eigenvalue weighted by atomic mass is 9.81. The molecule has 4 rings (SSSR count). The van der Waals surface area contributed by atoms with E-state index < -0.39 is 23.3 Å². The number of amides is 1. The van der Waals surface area contributed by atoms with Crippen LogP contribution in [0.3, 0.4) is 0 Å². The summed E-state index contributed by atoms with van der Waals surface area (Å²) in [4.78, 5) is 26.6. The topological polar surface area (TPSA) is 81.7 Å². The Morgan fingerprint density at radius 3 is 2.84 bits per heavy atom. The quantitative estimate of drug-likeness (QED) is 0.768. The van der Waals surface area contributed by atoms with Crippen LogP contribution in [-0.4, -0.2) is 41.5 Å². The molecule has 0 radical (unpaired) electrons. The van der Waals surface area contributed by atoms with Crippen molar-refractivity contribution in [3.63, 3.8) is 0 Å². The summed E-state index contributed by atoms with van der Waals surface area (Å²) in [6, 6.07) is 5.99. The molecule has 2 saturated heterocycles. The van der Waals surface area contributed by atoms with Gasteiger partial charge in [-0.2, -0.15) is 0 Å². The number of nitrogens with one attached hydrogen (secondary N) is 2. The summed E-state index contributed by atoms with van der Waals surface area (Å²) < 4.78 is 14.1. The highest BCUT2D eigenvalue weighted by atomic mass is 19.1. The van der Waals surface area contributed by atoms with Crippen molar-refractivity contribution in [3.8, 4) is 0 Å². The van der Waals surface area contributed by atoms with E-state index in [1.54, 1.807) is 23.1 Å². The summed E-state index contributed by atoms with van der Waals surface area (Å²) in [6.07, 6.45) is 2.39. The maximum Gasteiger partial charge on any atom is 0.311 e. The number of hydrogen-bond acceptors (Lipinski definition) is 4. The van der Waals surface area contributed by atoms with Crippen LogP contribution in [0.15, 0.2) is 24.3 Å². The minimum atomic E-state index is -0.793. The van der Waals surface area contributed by atoms with Crippen molar-refractivity contribution in [3.05, 3.63) is 35.6 Å². The zero-order valence-corrected chi connectivity index (χ0v) is 13.9. The number of rotatable bonds is 3. The Bertz CT molecular complexity index is 713. The summed E-state index contributed by atoms with van der Waals surface area (Å²) in [6.45, 7) is 1.16. The SMILES string of the molecule is O=C(C1CNNC1c1ccccc1F)N1C[C@@H]2CCC[C@@]2(C(=O)O)C1. The molecule has 25 heavy (non-hydrogen) atoms. The highest BCUT2D eigenvalue weighted by Gasteiger charge is 2.56. The number of halogens is 1. The largest absolute Gasteiger partial charge is 0.481 e. The van der Waals surface area contributed by atoms with Crippen molar-refractivity contribution in [2.75, 3.05) is 19.6 Å². The Hall–Kier alpha value is -1.99. The molecule has 0 aromatic heterocycles. The zero-order valence-electron chi connectivity index (χ0n) is 13.9. The number of carbonyl (C=O) groups is 2. The van der Waals surface area contributed by atoms with E-state index in [2.05, 4.69) is 10.9 Å². The number of hydrogen-bond donors (Lipinski definition) is 3. The number of carboxylic acids is 1. The molecular weight excluding hydrogens is 325 g/mol. The van der Waals surface area contributed by atoms with Crippen molar-refractivity contribution in [1.82, 2.24) is 15.8 Å². The van der Waals surface area contributed by atoms with Crippen LogP contribution in [0.1, 0.15) is 30.9 Å². The van der Waals surface area contributed by atoms with Gasteiger partial charge in [-0.1, -0.05) is 24.6 Å². The number of benzene rings is 1. The molecule has 3 N–H and O–H groups in total. The molecule has 3 aliphatic rings. The van der Waals surface area contributed by atoms with Gasteiger partial charge >= 0.3 is 5.97 Å². The number of hydrazine groups is 1. The number of fused-ring (bicyclic) bond motifs is 1. The molecule has 0 bridgehead atoms. The van der Waals surface area contributed by atoms with E-state index in [1.165, 1.54) is 6.07 Å². The Labute approximate surface area is 145 Å². The fourth-order valence-electron chi connectivity index (χ4n) is 4.79. The smallest absolute Gasteiger partial charge is 0.311 e. The normalized spacial score (nSPS) is 34.3. The maximum absolute atomic E-state index is 14.1. The first kappa shape index (κ1) is 16.5. The molecular formula is C18H22FN3O3. The van der Waals surface area contributed by atoms with Crippen LogP contribution in [-0.2, 0) is 9.59 Å². The molecule has 2 unspecified atom stereocenters. The van der Waals surface area contributed by atoms with Crippen molar-refractivity contribution in [2.24, 2.45) is 17.3 Å². The minimum Gasteiger partial charge on any atom is -0.481 e. The van der Waals surface area contributed by atoms with Gasteiger partial charge in [0.2, 0.25) is 5.91 Å². The van der Waals surface area contributed by atoms with Gasteiger partial charge in [0.05, 0.1) is 17.4 Å². The van der Waals surface area contributed by atoms with Gasteiger partial charge in [0.25, 0.3) is 0 Å². The fraction of sp³-hybridized carbons (Fsp3) is 0.556. The predicted octanol–water partition coefficient (Wildman–Crippen LogP) is 1.30. The molecule has 7 heteroatoms. The molecule has 4 atom stereocenters. The zero-order chi connectivity index (χ0) is 17.6. The second-order valence-electron chi connectivity index (χ2n) is 7.40. The number of nitrogens with zero attached hydrogens (tertiary/aromatic N) is 1. The Morgan fingerprint density at radius 2 is 2.12 bits per heavy atom. The molecule has 0 spiro atoms. The monoisotopic (exact) mass is 347 g/mol. The summed E-state index contributed by atoms with van der Waals surface area (Å²) >= 11 is 0. The lowest BCUT2D eigenvalue weighted by molar-refractivity contribution is -0.149. The van der Waals surface area contributed by atoms with Gasteiger partial charge in [0.15, 0.2) is 0 Å². The third-order valence-corrected chi connectivity index (χ3v) is 6.15. The number of carboxylic acid groups (broad SMARTS) is 1. The highest BCUT2D eigenvalue weighted by molar-refractivity contribution is 5.83. The van der Waals surface area contributed by atoms with Gasteiger partial charge in [0, 0.05) is 25.2 Å². The predicted molar refractivity (Wildman–Crippen MR) is 87.8 cm³/mol. The van der Waals surface area contributed by atoms with E-state index in [1.807, 2.05) is 0 Å². The molecule has 1 aromatic rings. The van der Waals surface area contributed by atoms with Crippen LogP contribution in [0.4, 0.5) is 4.39 Å². The number of aliphatic carboxylic acids is 1. The average Bonchev–Trinajstić information content (AvgIpc) is 3.28. The Kier molecular flexibility index (Phi) is 4.00. The molecule has 2 aliphatic heterocycles. The van der Waals surface area contributed by atoms with E-state index >= 15 is 0 Å². The van der Waals surface area contributed by atoms with Crippen LogP contribution in [0, 0.1) is 23.1 Å². The molecule has 3 fully saturated rings. The van der Waals surface area contributed by atoms with Gasteiger partial charge in [-0.05, 0) is 24.8 Å². The first-order valence-electron chi connectivity index (χ1n) is 8.78. The van der Waals surface area contributed by atoms with Crippen molar-refractivity contribution < 1.29 is 19.1 Å². The summed E-state index contributed by atoms with van der Waals surface area (Å²) in [5, 5.41) is 9.69. The van der Waals surface area contributed by atoms with Gasteiger partial charge in [0.1, 0.15) is 5.82 Å². The molecule has 2 heterocycles. The Morgan fingerprint density at radius 1 is 1.32 bits per heavy atom. The summed E-state index contributed by atoms with van der Waals surface area (Å²) in [5.41, 5.74) is 5.62. The van der Waals surface area contributed by atoms with Crippen LogP contribution >= 0.6 is 0 Å². The van der Waals surface area contributed by atoms with E-state index in [4.69, 9.17) is 0 Å². The fourth-order valence-corrected chi connectivity index (χ4v) is 4.79. The Balaban J connectivity index is 1.55. The highest BCUT2D eigenvalue weighted by Crippen LogP contribution is 2.49. The standard InChI is InChI=1S/C18H22FN3O3/c19-14-6-2-1-5-12(14)15-13(8-20-21-15)16(23)22-9-11-4-3-7-18(11,10-22)17(24)25/h1-2,5-6,11,13,15,20-21H,3-4,7-10H2,(H,24,25)/t11-,13?,15?,18+/m0/s1. The van der Waals surface area contributed by atoms with Crippen LogP contribution in [0.2, 0.25) is 0 Å². The van der Waals surface area contributed by atoms with Crippen LogP contribution < -0.4 is 10.9 Å². The van der Waals surface area contributed by atoms with E-state index in [0.29, 0.717) is 25.1 Å². The maximum atomic E-state index is 14.1. The van der Waals surface area contributed by atoms with Crippen LogP contribution in [0.5, 0.6) is 0 Å². The van der Waals surface area contributed by atoms with Crippen LogP contribution in [0.25, 0.3) is 0 Å². The van der Waals surface area contributed by atoms with Crippen molar-refractivity contribution in [1.29, 1.82) is 0 Å². The molecule has 134 valence electrons. The van der Waals surface area contributed by atoms with E-state index in [9.17, 15) is 19.1 Å². The summed E-state index contributed by atoms with van der Waals surface area (Å²) in [7, 11) is 0. The molecule has 1 amide bonds.